The van der Waals surface area contributed by atoms with E-state index in [9.17, 15) is 10.1 Å². The molecule has 13 heteroatoms. The van der Waals surface area contributed by atoms with Gasteiger partial charge in [0.15, 0.2) is 0 Å². The molecule has 17 aromatic carbocycles. The summed E-state index contributed by atoms with van der Waals surface area (Å²) in [6.45, 7) is 8.42. The molecule has 544 valence electrons. The largest absolute Gasteiger partial charge is 0.495 e. The van der Waals surface area contributed by atoms with Gasteiger partial charge < -0.3 is 14.3 Å². The molecular formula is C100H71BBrN2O4PS4. The highest BCUT2D eigenvalue weighted by atomic mass is 79.9. The summed E-state index contributed by atoms with van der Waals surface area (Å²) in [4.78, 5) is 14.9. The van der Waals surface area contributed by atoms with Gasteiger partial charge in [0.2, 0.25) is 0 Å². The Morgan fingerprint density at radius 1 is 0.336 bits per heavy atom. The number of H-pyrrole nitrogens is 1. The van der Waals surface area contributed by atoms with Gasteiger partial charge in [-0.25, -0.2) is 0 Å². The second-order valence-electron chi connectivity index (χ2n) is 29.3. The van der Waals surface area contributed by atoms with Crippen molar-refractivity contribution >= 4 is 249 Å². The van der Waals surface area contributed by atoms with Crippen LogP contribution in [0.2, 0.25) is 0 Å². The molecule has 23 rings (SSSR count). The smallest absolute Gasteiger partial charge is 0.399 e. The predicted molar refractivity (Wildman–Crippen MR) is 497 cm³/mol. The molecular weight excluding hydrogens is 1540 g/mol. The lowest BCUT2D eigenvalue weighted by Gasteiger charge is -2.32. The lowest BCUT2D eigenvalue weighted by molar-refractivity contribution is -0.384. The highest BCUT2D eigenvalue weighted by Crippen LogP contribution is 2.49. The van der Waals surface area contributed by atoms with E-state index in [2.05, 4.69) is 352 Å². The lowest BCUT2D eigenvalue weighted by Crippen LogP contribution is -2.41. The number of hydrogen-bond donors (Lipinski definition) is 1. The molecule has 1 aliphatic heterocycles. The number of aromatic amines is 1. The summed E-state index contributed by atoms with van der Waals surface area (Å²) in [6.07, 6.45) is 0. The fourth-order valence-corrected chi connectivity index (χ4v) is 23.9. The van der Waals surface area contributed by atoms with E-state index in [0.29, 0.717) is 5.56 Å². The average Bonchev–Trinajstić information content (AvgIpc) is 1.59. The maximum atomic E-state index is 11.5. The van der Waals surface area contributed by atoms with Crippen LogP contribution in [0.1, 0.15) is 27.7 Å². The van der Waals surface area contributed by atoms with E-state index in [1.165, 1.54) is 150 Å². The van der Waals surface area contributed by atoms with E-state index in [4.69, 9.17) is 9.31 Å². The van der Waals surface area contributed by atoms with Crippen LogP contribution in [0, 0.1) is 10.1 Å². The molecule has 5 aromatic heterocycles. The molecule has 1 aliphatic rings. The Hall–Kier alpha value is -11.2. The summed E-state index contributed by atoms with van der Waals surface area (Å²) in [6, 6.07) is 123. The first kappa shape index (κ1) is 72.0. The normalized spacial score (nSPS) is 13.2. The van der Waals surface area contributed by atoms with Crippen molar-refractivity contribution in [2.45, 2.75) is 38.9 Å². The molecule has 0 aliphatic carbocycles. The summed E-state index contributed by atoms with van der Waals surface area (Å²) in [7, 11) is -0.794. The highest BCUT2D eigenvalue weighted by Gasteiger charge is 2.52. The number of thiophene rings is 4. The first-order chi connectivity index (χ1) is 55.3. The molecule has 0 amide bonds. The van der Waals surface area contributed by atoms with Crippen LogP contribution in [0.15, 0.2) is 356 Å². The Morgan fingerprint density at radius 2 is 0.681 bits per heavy atom. The quantitative estimate of drug-likeness (QED) is 0.0779. The molecule has 0 bridgehead atoms. The summed E-state index contributed by atoms with van der Waals surface area (Å²) >= 11 is 11.0. The zero-order valence-electron chi connectivity index (χ0n) is 62.1. The van der Waals surface area contributed by atoms with E-state index in [-0.39, 0.29) is 28.9 Å². The van der Waals surface area contributed by atoms with Gasteiger partial charge >= 0.3 is 7.12 Å². The number of nitrogens with zero attached hydrogens (tertiary/aromatic N) is 1. The van der Waals surface area contributed by atoms with Gasteiger partial charge in [0.1, 0.15) is 0 Å². The molecule has 6 heterocycles. The topological polar surface area (TPSA) is 77.4 Å². The second kappa shape index (κ2) is 30.0. The van der Waals surface area contributed by atoms with Gasteiger partial charge in [0.25, 0.3) is 5.69 Å². The van der Waals surface area contributed by atoms with Crippen LogP contribution in [-0.4, -0.2) is 28.2 Å². The zero-order chi connectivity index (χ0) is 76.5. The highest BCUT2D eigenvalue weighted by molar-refractivity contribution is 9.10. The van der Waals surface area contributed by atoms with Crippen LogP contribution in [-0.2, 0) is 9.31 Å². The minimum absolute atomic E-state index is 0.137. The third-order valence-electron chi connectivity index (χ3n) is 22.1. The number of halogens is 1. The van der Waals surface area contributed by atoms with Crippen LogP contribution in [0.4, 0.5) is 5.69 Å². The number of nitro groups is 1. The van der Waals surface area contributed by atoms with Crippen molar-refractivity contribution in [2.24, 2.45) is 0 Å². The van der Waals surface area contributed by atoms with Crippen LogP contribution in [0.25, 0.3) is 157 Å². The molecule has 1 N–H and O–H groups in total. The monoisotopic (exact) mass is 1610 g/mol. The summed E-state index contributed by atoms with van der Waals surface area (Å²) in [5.41, 5.74) is 4.63. The lowest BCUT2D eigenvalue weighted by atomic mass is 9.75. The third kappa shape index (κ3) is 13.1. The summed E-state index contributed by atoms with van der Waals surface area (Å²) in [5.74, 6) is 0. The van der Waals surface area contributed by atoms with Gasteiger partial charge in [0.05, 0.1) is 31.9 Å². The van der Waals surface area contributed by atoms with Crippen molar-refractivity contribution in [1.29, 1.82) is 0 Å². The van der Waals surface area contributed by atoms with Crippen molar-refractivity contribution in [3.63, 3.8) is 0 Å². The number of rotatable bonds is 6. The molecule has 0 radical (unpaired) electrons. The van der Waals surface area contributed by atoms with E-state index in [0.717, 1.165) is 26.5 Å². The van der Waals surface area contributed by atoms with Crippen molar-refractivity contribution in [3.8, 4) is 11.1 Å². The third-order valence-corrected chi connectivity index (χ3v) is 29.7. The minimum atomic E-state index is -0.446. The van der Waals surface area contributed by atoms with Crippen molar-refractivity contribution < 1.29 is 14.2 Å². The fraction of sp³-hybridized carbons (Fsp3) is 0.0600. The number of nitro benzene ring substituents is 1. The number of aromatic nitrogens is 1. The minimum Gasteiger partial charge on any atom is -0.399 e. The summed E-state index contributed by atoms with van der Waals surface area (Å²) < 4.78 is 24.3. The predicted octanol–water partition coefficient (Wildman–Crippen LogP) is 28.5. The van der Waals surface area contributed by atoms with E-state index in [1.54, 1.807) is 23.5 Å². The van der Waals surface area contributed by atoms with Gasteiger partial charge in [0, 0.05) is 103 Å². The number of nitrogens with one attached hydrogen (secondary N) is 1. The Bertz CT molecular complexity index is 7200. The number of hydrogen-bond acceptors (Lipinski definition) is 8. The molecule has 1 fully saturated rings. The van der Waals surface area contributed by atoms with Gasteiger partial charge in [-0.3, -0.25) is 10.1 Å². The fourth-order valence-electron chi connectivity index (χ4n) is 16.2. The van der Waals surface area contributed by atoms with Gasteiger partial charge in [-0.1, -0.05) is 307 Å². The molecule has 6 nitrogen and oxygen atoms in total. The molecule has 0 atom stereocenters. The molecule has 1 saturated heterocycles. The zero-order valence-corrected chi connectivity index (χ0v) is 67.8. The molecule has 0 saturated carbocycles. The van der Waals surface area contributed by atoms with Crippen molar-refractivity contribution in [1.82, 2.24) is 4.98 Å². The SMILES string of the molecule is Brc1cc2sc3ccccc3c2c2ccccc12.CC1(C)OB(c2cc3sc4ccccc4c3c3ccccc23)OC1(C)C.O=[N+]([O-])c1ccccc1-c1cc2sc3ccccc3c2c2ccccc12.c1ccc(P(c2ccccc2)c2ccccc2)cc1.c1ccc2c(c1)[nH]c1c3sc4ccccc4c3c3ccccc3c21. The molecule has 113 heavy (non-hydrogen) atoms. The van der Waals surface area contributed by atoms with Gasteiger partial charge in [-0.15, -0.1) is 45.3 Å². The van der Waals surface area contributed by atoms with E-state index >= 15 is 0 Å². The molecule has 0 spiro atoms. The Kier molecular flexibility index (Phi) is 19.1. The second-order valence-corrected chi connectivity index (χ2v) is 36.7. The Labute approximate surface area is 678 Å². The van der Waals surface area contributed by atoms with Gasteiger partial charge in [-0.2, -0.15) is 0 Å². The molecule has 0 unspecified atom stereocenters. The first-order valence-corrected chi connectivity index (χ1v) is 43.1. The first-order valence-electron chi connectivity index (χ1n) is 37.7. The maximum Gasteiger partial charge on any atom is 0.495 e. The molecule has 22 aromatic rings. The van der Waals surface area contributed by atoms with Crippen molar-refractivity contribution in [2.75, 3.05) is 0 Å². The van der Waals surface area contributed by atoms with Crippen molar-refractivity contribution in [3.05, 3.63) is 366 Å². The van der Waals surface area contributed by atoms with Crippen LogP contribution in [0.3, 0.4) is 0 Å². The standard InChI is InChI=1S/C22H21BO2S.C22H13NO2S.C22H13NS.C18H15P.C16H9BrS/c1-21(2)22(3,4)25-23(24-21)17-13-19-20(15-10-6-5-9-14(15)17)16-11-7-8-12-18(16)26-19;24-23(25)19-11-5-3-8-15(19)18-13-21-22(16-9-2-1-7-14(16)18)17-10-4-6-12-20(17)26-21;1-2-8-14-13(7-1)19-15-9-3-5-11-17(15)23-21(19)22-20(14)16-10-4-6-12-18(16)24-22;1-4-10-16(11-5-1)19(17-12-6-2-7-13-17)18-14-8-3-9-15-18;17-13-9-15-16(11-6-2-1-5-10(11)13)12-7-3-4-8-14(12)18-15/h5-13H,1-4H3;1-13H;1-12,23H;1-15H;1-9H. The average molecular weight is 1610 g/mol. The number of fused-ring (bicyclic) bond motifs is 25. The maximum absolute atomic E-state index is 11.5. The van der Waals surface area contributed by atoms with Crippen LogP contribution < -0.4 is 21.4 Å². The Morgan fingerprint density at radius 3 is 1.18 bits per heavy atom. The van der Waals surface area contributed by atoms with E-state index in [1.807, 2.05) is 70.4 Å². The summed E-state index contributed by atoms with van der Waals surface area (Å²) in [5, 5.41) is 39.0. The van der Waals surface area contributed by atoms with E-state index < -0.39 is 7.92 Å². The van der Waals surface area contributed by atoms with Crippen LogP contribution in [0.5, 0.6) is 0 Å². The van der Waals surface area contributed by atoms with Crippen LogP contribution >= 0.6 is 69.2 Å². The number of para-hydroxylation sites is 2. The Balaban J connectivity index is 0.0000000956. The van der Waals surface area contributed by atoms with Gasteiger partial charge in [-0.05, 0) is 160 Å². The number of benzene rings is 17.